The van der Waals surface area contributed by atoms with E-state index < -0.39 is 0 Å². The lowest BCUT2D eigenvalue weighted by atomic mass is 10.5. The van der Waals surface area contributed by atoms with Crippen LogP contribution in [-0.4, -0.2) is 31.5 Å². The average molecular weight is 190 g/mol. The van der Waals surface area contributed by atoms with E-state index in [1.54, 1.807) is 6.08 Å². The van der Waals surface area contributed by atoms with Crippen molar-refractivity contribution < 1.29 is 14.3 Å². The second kappa shape index (κ2) is 8.62. The predicted octanol–water partition coefficient (Wildman–Crippen LogP) is 1.05. The van der Waals surface area contributed by atoms with Gasteiger partial charge >= 0.3 is 5.97 Å². The normalized spacial score (nSPS) is 9.42. The van der Waals surface area contributed by atoms with E-state index >= 15 is 0 Å². The molecule has 3 nitrogen and oxygen atoms in total. The highest BCUT2D eigenvalue weighted by Crippen LogP contribution is 1.88. The molecular formula is C8H14O3S. The Hall–Kier alpha value is -0.480. The number of thiol groups is 1. The molecular weight excluding hydrogens is 176 g/mol. The van der Waals surface area contributed by atoms with Crippen molar-refractivity contribution >= 4 is 18.6 Å². The topological polar surface area (TPSA) is 35.5 Å². The van der Waals surface area contributed by atoms with E-state index in [0.717, 1.165) is 0 Å². The molecule has 0 spiro atoms. The van der Waals surface area contributed by atoms with Gasteiger partial charge in [-0.15, -0.1) is 6.58 Å². The van der Waals surface area contributed by atoms with Crippen LogP contribution in [0.15, 0.2) is 12.7 Å². The Balaban J connectivity index is 3.08. The van der Waals surface area contributed by atoms with Crippen molar-refractivity contribution in [3.8, 4) is 0 Å². The Morgan fingerprint density at radius 2 is 2.25 bits per heavy atom. The van der Waals surface area contributed by atoms with Crippen LogP contribution in [0.2, 0.25) is 0 Å². The van der Waals surface area contributed by atoms with Crippen LogP contribution in [0.3, 0.4) is 0 Å². The van der Waals surface area contributed by atoms with Crippen molar-refractivity contribution in [1.82, 2.24) is 0 Å². The number of carbonyl (C=O) groups is 1. The lowest BCUT2D eigenvalue weighted by Crippen LogP contribution is -2.10. The largest absolute Gasteiger partial charge is 0.463 e. The van der Waals surface area contributed by atoms with Gasteiger partial charge in [0.15, 0.2) is 0 Å². The van der Waals surface area contributed by atoms with Crippen molar-refractivity contribution in [3.05, 3.63) is 12.7 Å². The fourth-order valence-electron chi connectivity index (χ4n) is 0.545. The number of hydrogen-bond acceptors (Lipinski definition) is 4. The molecule has 0 N–H and O–H groups in total. The number of hydrogen-bond donors (Lipinski definition) is 1. The van der Waals surface area contributed by atoms with E-state index in [1.807, 2.05) is 0 Å². The molecule has 0 bridgehead atoms. The summed E-state index contributed by atoms with van der Waals surface area (Å²) in [6, 6.07) is 0. The van der Waals surface area contributed by atoms with Crippen molar-refractivity contribution in [2.45, 2.75) is 6.42 Å². The van der Waals surface area contributed by atoms with E-state index in [9.17, 15) is 4.79 Å². The number of carbonyl (C=O) groups excluding carboxylic acids is 1. The summed E-state index contributed by atoms with van der Waals surface area (Å²) in [6.07, 6.45) is 2.00. The first-order valence-corrected chi connectivity index (χ1v) is 4.39. The van der Waals surface area contributed by atoms with Crippen LogP contribution < -0.4 is 0 Å². The van der Waals surface area contributed by atoms with Gasteiger partial charge in [-0.25, -0.2) is 0 Å². The first-order valence-electron chi connectivity index (χ1n) is 3.76. The van der Waals surface area contributed by atoms with Crippen molar-refractivity contribution in [2.24, 2.45) is 0 Å². The van der Waals surface area contributed by atoms with E-state index in [-0.39, 0.29) is 5.97 Å². The van der Waals surface area contributed by atoms with Crippen LogP contribution in [0.1, 0.15) is 6.42 Å². The maximum atomic E-state index is 10.7. The zero-order valence-electron chi connectivity index (χ0n) is 6.99. The summed E-state index contributed by atoms with van der Waals surface area (Å²) < 4.78 is 9.78. The molecule has 0 amide bonds. The Morgan fingerprint density at radius 1 is 1.50 bits per heavy atom. The Labute approximate surface area is 78.1 Å². The second-order valence-electron chi connectivity index (χ2n) is 2.06. The molecule has 0 unspecified atom stereocenters. The van der Waals surface area contributed by atoms with Gasteiger partial charge in [-0.1, -0.05) is 6.08 Å². The number of rotatable bonds is 7. The van der Waals surface area contributed by atoms with Crippen LogP contribution in [0, 0.1) is 0 Å². The minimum Gasteiger partial charge on any atom is -0.463 e. The lowest BCUT2D eigenvalue weighted by Gasteiger charge is -2.02. The van der Waals surface area contributed by atoms with Crippen LogP contribution in [0.4, 0.5) is 0 Å². The molecule has 0 aliphatic carbocycles. The third-order valence-electron chi connectivity index (χ3n) is 1.04. The zero-order chi connectivity index (χ0) is 9.23. The molecule has 0 atom stereocenters. The van der Waals surface area contributed by atoms with Gasteiger partial charge in [0.1, 0.15) is 6.61 Å². The summed E-state index contributed by atoms with van der Waals surface area (Å²) >= 11 is 3.89. The molecule has 0 heterocycles. The maximum Gasteiger partial charge on any atom is 0.306 e. The van der Waals surface area contributed by atoms with Gasteiger partial charge in [-0.3, -0.25) is 4.79 Å². The summed E-state index contributed by atoms with van der Waals surface area (Å²) in [6.45, 7) is 4.70. The molecule has 0 aromatic rings. The summed E-state index contributed by atoms with van der Waals surface area (Å²) in [7, 11) is 0. The number of ether oxygens (including phenoxy) is 2. The van der Waals surface area contributed by atoms with Gasteiger partial charge in [0.25, 0.3) is 0 Å². The monoisotopic (exact) mass is 190 g/mol. The third kappa shape index (κ3) is 7.63. The van der Waals surface area contributed by atoms with Crippen molar-refractivity contribution in [3.63, 3.8) is 0 Å². The Morgan fingerprint density at radius 3 is 2.83 bits per heavy atom. The molecule has 0 saturated carbocycles. The van der Waals surface area contributed by atoms with E-state index in [0.29, 0.717) is 32.0 Å². The maximum absolute atomic E-state index is 10.7. The molecule has 0 aliphatic heterocycles. The molecule has 4 heteroatoms. The molecule has 0 radical (unpaired) electrons. The summed E-state index contributed by atoms with van der Waals surface area (Å²) in [5.74, 6) is 0.291. The predicted molar refractivity (Wildman–Crippen MR) is 50.4 cm³/mol. The highest BCUT2D eigenvalue weighted by atomic mass is 32.1. The van der Waals surface area contributed by atoms with E-state index in [2.05, 4.69) is 19.2 Å². The number of esters is 1. The molecule has 70 valence electrons. The van der Waals surface area contributed by atoms with Gasteiger partial charge in [0, 0.05) is 5.75 Å². The zero-order valence-corrected chi connectivity index (χ0v) is 7.89. The molecule has 0 aromatic carbocycles. The molecule has 0 aromatic heterocycles. The molecule has 12 heavy (non-hydrogen) atoms. The lowest BCUT2D eigenvalue weighted by molar-refractivity contribution is -0.144. The van der Waals surface area contributed by atoms with Crippen LogP contribution in [0.25, 0.3) is 0 Å². The van der Waals surface area contributed by atoms with Crippen LogP contribution in [0.5, 0.6) is 0 Å². The fraction of sp³-hybridized carbons (Fsp3) is 0.625. The van der Waals surface area contributed by atoms with Gasteiger partial charge in [-0.2, -0.15) is 12.6 Å². The fourth-order valence-corrected chi connectivity index (χ4v) is 0.727. The Bertz CT molecular complexity index is 136. The highest BCUT2D eigenvalue weighted by Gasteiger charge is 1.98. The molecule has 0 fully saturated rings. The second-order valence-corrected chi connectivity index (χ2v) is 2.50. The highest BCUT2D eigenvalue weighted by molar-refractivity contribution is 7.80. The molecule has 0 saturated heterocycles. The SMILES string of the molecule is C=CCOCCOC(=O)CCS. The first kappa shape index (κ1) is 11.5. The van der Waals surface area contributed by atoms with Gasteiger partial charge in [-0.05, 0) is 0 Å². The Kier molecular flexibility index (Phi) is 8.27. The minimum absolute atomic E-state index is 0.229. The van der Waals surface area contributed by atoms with Crippen LogP contribution >= 0.6 is 12.6 Å². The summed E-state index contributed by atoms with van der Waals surface area (Å²) in [4.78, 5) is 10.7. The van der Waals surface area contributed by atoms with Gasteiger partial charge in [0.05, 0.1) is 19.6 Å². The van der Waals surface area contributed by atoms with E-state index in [1.165, 1.54) is 0 Å². The third-order valence-corrected chi connectivity index (χ3v) is 1.27. The summed E-state index contributed by atoms with van der Waals surface area (Å²) in [5, 5.41) is 0. The van der Waals surface area contributed by atoms with Crippen molar-refractivity contribution in [2.75, 3.05) is 25.6 Å². The van der Waals surface area contributed by atoms with E-state index in [4.69, 9.17) is 9.47 Å². The minimum atomic E-state index is -0.229. The van der Waals surface area contributed by atoms with Crippen molar-refractivity contribution in [1.29, 1.82) is 0 Å². The van der Waals surface area contributed by atoms with Crippen LogP contribution in [-0.2, 0) is 14.3 Å². The first-order chi connectivity index (χ1) is 5.81. The summed E-state index contributed by atoms with van der Waals surface area (Å²) in [5.41, 5.74) is 0. The van der Waals surface area contributed by atoms with Gasteiger partial charge in [0.2, 0.25) is 0 Å². The van der Waals surface area contributed by atoms with Gasteiger partial charge < -0.3 is 9.47 Å². The molecule has 0 aliphatic rings. The molecule has 0 rings (SSSR count). The average Bonchev–Trinajstić information content (AvgIpc) is 2.05. The quantitative estimate of drug-likeness (QED) is 0.282. The smallest absolute Gasteiger partial charge is 0.306 e. The standard InChI is InChI=1S/C8H14O3S/c1-2-4-10-5-6-11-8(9)3-7-12/h2,12H,1,3-7H2.